The molecule has 1 unspecified atom stereocenters. The van der Waals surface area contributed by atoms with Crippen LogP contribution in [0.3, 0.4) is 0 Å². The third-order valence-corrected chi connectivity index (χ3v) is 5.60. The molecule has 2 aromatic rings. The molecule has 7 nitrogen and oxygen atoms in total. The number of Topliss-reactive ketones (excluding diaryl/α,β-unsaturated/α-hetero) is 1. The normalized spacial score (nSPS) is 17.5. The number of carbonyl (C=O) groups excluding carboxylic acids is 2. The lowest BCUT2D eigenvalue weighted by molar-refractivity contribution is -0.139. The van der Waals surface area contributed by atoms with Gasteiger partial charge in [-0.05, 0) is 44.0 Å². The maximum atomic E-state index is 13.1. The van der Waals surface area contributed by atoms with Gasteiger partial charge in [0.15, 0.2) is 0 Å². The molecular weight excluding hydrogens is 446 g/mol. The minimum Gasteiger partial charge on any atom is -0.507 e. The van der Waals surface area contributed by atoms with Crippen molar-refractivity contribution in [2.75, 3.05) is 20.8 Å². The monoisotopic (exact) mass is 473 g/mol. The summed E-state index contributed by atoms with van der Waals surface area (Å²) in [6, 6.07) is 9.38. The van der Waals surface area contributed by atoms with Crippen LogP contribution in [0, 0.1) is 0 Å². The number of likely N-dealkylation sites (tertiary alicyclic amines) is 1. The highest BCUT2D eigenvalue weighted by molar-refractivity contribution is 6.46. The van der Waals surface area contributed by atoms with Gasteiger partial charge in [0.05, 0.1) is 42.5 Å². The quantitative estimate of drug-likeness (QED) is 0.331. The van der Waals surface area contributed by atoms with Crippen molar-refractivity contribution in [2.24, 2.45) is 0 Å². The van der Waals surface area contributed by atoms with Crippen LogP contribution < -0.4 is 14.2 Å². The summed E-state index contributed by atoms with van der Waals surface area (Å²) >= 11 is 6.19. The highest BCUT2D eigenvalue weighted by Crippen LogP contribution is 2.43. The highest BCUT2D eigenvalue weighted by Gasteiger charge is 2.46. The summed E-state index contributed by atoms with van der Waals surface area (Å²) in [5, 5.41) is 11.6. The van der Waals surface area contributed by atoms with Gasteiger partial charge >= 0.3 is 0 Å². The molecule has 0 bridgehead atoms. The van der Waals surface area contributed by atoms with Crippen LogP contribution in [-0.4, -0.2) is 48.6 Å². The predicted molar refractivity (Wildman–Crippen MR) is 126 cm³/mol. The van der Waals surface area contributed by atoms with E-state index in [1.54, 1.807) is 24.3 Å². The van der Waals surface area contributed by atoms with Crippen molar-refractivity contribution in [1.29, 1.82) is 0 Å². The Morgan fingerprint density at radius 3 is 2.27 bits per heavy atom. The van der Waals surface area contributed by atoms with E-state index >= 15 is 0 Å². The molecule has 8 heteroatoms. The van der Waals surface area contributed by atoms with Gasteiger partial charge in [0.25, 0.3) is 11.7 Å². The number of ether oxygens (including phenoxy) is 3. The summed E-state index contributed by atoms with van der Waals surface area (Å²) in [6.45, 7) is 6.14. The lowest BCUT2D eigenvalue weighted by atomic mass is 9.94. The van der Waals surface area contributed by atoms with Crippen LogP contribution in [0.1, 0.15) is 44.4 Å². The Hall–Kier alpha value is -3.19. The fourth-order valence-corrected chi connectivity index (χ4v) is 4.12. The zero-order chi connectivity index (χ0) is 24.3. The van der Waals surface area contributed by atoms with Crippen molar-refractivity contribution in [3.05, 3.63) is 58.1 Å². The van der Waals surface area contributed by atoms with E-state index in [-0.39, 0.29) is 33.8 Å². The molecule has 3 rings (SSSR count). The molecule has 1 aliphatic rings. The van der Waals surface area contributed by atoms with Crippen LogP contribution in [0.2, 0.25) is 5.02 Å². The largest absolute Gasteiger partial charge is 0.507 e. The average Bonchev–Trinajstić information content (AvgIpc) is 3.03. The van der Waals surface area contributed by atoms with E-state index in [1.165, 1.54) is 31.3 Å². The Labute approximate surface area is 198 Å². The van der Waals surface area contributed by atoms with E-state index < -0.39 is 17.7 Å². The molecule has 0 radical (unpaired) electrons. The molecule has 176 valence electrons. The Morgan fingerprint density at radius 2 is 1.73 bits per heavy atom. The predicted octanol–water partition coefficient (Wildman–Crippen LogP) is 4.98. The molecule has 33 heavy (non-hydrogen) atoms. The second-order valence-electron chi connectivity index (χ2n) is 7.92. The van der Waals surface area contributed by atoms with E-state index in [9.17, 15) is 14.7 Å². The van der Waals surface area contributed by atoms with Crippen LogP contribution in [-0.2, 0) is 9.59 Å². The van der Waals surface area contributed by atoms with Crippen LogP contribution in [0.25, 0.3) is 5.76 Å². The zero-order valence-electron chi connectivity index (χ0n) is 19.3. The summed E-state index contributed by atoms with van der Waals surface area (Å²) < 4.78 is 16.3. The lowest BCUT2D eigenvalue weighted by Crippen LogP contribution is -2.30. The first kappa shape index (κ1) is 24.5. The zero-order valence-corrected chi connectivity index (χ0v) is 20.1. The number of halogens is 1. The number of nitrogens with zero attached hydrogens (tertiary/aromatic N) is 1. The number of hydrogen-bond acceptors (Lipinski definition) is 6. The summed E-state index contributed by atoms with van der Waals surface area (Å²) in [7, 11) is 2.87. The fraction of sp³-hybridized carbons (Fsp3) is 0.360. The minimum absolute atomic E-state index is 0.00827. The summed E-state index contributed by atoms with van der Waals surface area (Å²) in [5.41, 5.74) is 0.867. The number of aliphatic hydroxyl groups is 1. The molecule has 0 aromatic heterocycles. The third kappa shape index (κ3) is 4.78. The highest BCUT2D eigenvalue weighted by atomic mass is 35.5. The second-order valence-corrected chi connectivity index (χ2v) is 8.32. The van der Waals surface area contributed by atoms with E-state index in [1.807, 2.05) is 20.8 Å². The van der Waals surface area contributed by atoms with Crippen LogP contribution in [0.4, 0.5) is 0 Å². The molecule has 0 aliphatic carbocycles. The lowest BCUT2D eigenvalue weighted by Gasteiger charge is -2.25. The van der Waals surface area contributed by atoms with Gasteiger partial charge in [0, 0.05) is 12.6 Å². The van der Waals surface area contributed by atoms with E-state index in [2.05, 4.69) is 0 Å². The van der Waals surface area contributed by atoms with Gasteiger partial charge in [-0.1, -0.05) is 30.7 Å². The third-order valence-electron chi connectivity index (χ3n) is 5.30. The number of rotatable bonds is 8. The Kier molecular flexibility index (Phi) is 7.53. The molecule has 1 saturated heterocycles. The Morgan fingerprint density at radius 1 is 1.09 bits per heavy atom. The van der Waals surface area contributed by atoms with E-state index in [0.717, 1.165) is 0 Å². The first-order valence-corrected chi connectivity index (χ1v) is 11.1. The number of amides is 1. The molecule has 1 aliphatic heterocycles. The number of hydrogen-bond donors (Lipinski definition) is 1. The van der Waals surface area contributed by atoms with Gasteiger partial charge in [0.1, 0.15) is 23.0 Å². The Balaban J connectivity index is 2.20. The van der Waals surface area contributed by atoms with Crippen LogP contribution in [0.15, 0.2) is 42.0 Å². The molecule has 1 heterocycles. The summed E-state index contributed by atoms with van der Waals surface area (Å²) in [5.74, 6) is -0.556. The van der Waals surface area contributed by atoms with Crippen molar-refractivity contribution < 1.29 is 28.9 Å². The topological polar surface area (TPSA) is 85.3 Å². The van der Waals surface area contributed by atoms with Gasteiger partial charge in [-0.25, -0.2) is 0 Å². The molecule has 0 saturated carbocycles. The number of carbonyl (C=O) groups is 2. The molecule has 1 N–H and O–H groups in total. The fourth-order valence-electron chi connectivity index (χ4n) is 3.89. The molecule has 1 fully saturated rings. The van der Waals surface area contributed by atoms with Crippen molar-refractivity contribution in [3.8, 4) is 17.2 Å². The van der Waals surface area contributed by atoms with Gasteiger partial charge in [0.2, 0.25) is 0 Å². The summed E-state index contributed by atoms with van der Waals surface area (Å²) in [6.07, 6.45) is 0.657. The number of aliphatic hydroxyl groups excluding tert-OH is 1. The maximum Gasteiger partial charge on any atom is 0.295 e. The first-order chi connectivity index (χ1) is 15.7. The second kappa shape index (κ2) is 10.2. The van der Waals surface area contributed by atoms with E-state index in [0.29, 0.717) is 30.0 Å². The SMILES string of the molecule is CCCN1C(=O)C(=O)/C(=C(/O)c2cc(OC)c(Cl)cc2OC)C1c1ccc(OC(C)C)cc1. The smallest absolute Gasteiger partial charge is 0.295 e. The standard InChI is InChI=1S/C25H28ClNO6/c1-6-11-27-22(15-7-9-16(10-8-15)33-14(2)3)21(24(29)25(27)30)23(28)17-12-20(32-5)18(26)13-19(17)31-4/h7-10,12-14,22,28H,6,11H2,1-5H3/b23-21+. The van der Waals surface area contributed by atoms with Crippen molar-refractivity contribution >= 4 is 29.1 Å². The number of methoxy groups -OCH3 is 2. The number of ketones is 1. The molecule has 2 aromatic carbocycles. The average molecular weight is 474 g/mol. The Bertz CT molecular complexity index is 1080. The van der Waals surface area contributed by atoms with Gasteiger partial charge in [-0.2, -0.15) is 0 Å². The van der Waals surface area contributed by atoms with Crippen LogP contribution in [0.5, 0.6) is 17.2 Å². The molecule has 1 amide bonds. The van der Waals surface area contributed by atoms with Gasteiger partial charge < -0.3 is 24.2 Å². The maximum absolute atomic E-state index is 13.1. The van der Waals surface area contributed by atoms with Gasteiger partial charge in [-0.15, -0.1) is 0 Å². The molecule has 1 atom stereocenters. The minimum atomic E-state index is -0.760. The number of benzene rings is 2. The molecular formula is C25H28ClNO6. The van der Waals surface area contributed by atoms with Crippen molar-refractivity contribution in [2.45, 2.75) is 39.3 Å². The molecule has 0 spiro atoms. The van der Waals surface area contributed by atoms with Crippen molar-refractivity contribution in [3.63, 3.8) is 0 Å². The van der Waals surface area contributed by atoms with E-state index in [4.69, 9.17) is 25.8 Å². The van der Waals surface area contributed by atoms with Crippen LogP contribution >= 0.6 is 11.6 Å². The summed E-state index contributed by atoms with van der Waals surface area (Å²) in [4.78, 5) is 27.5. The van der Waals surface area contributed by atoms with Gasteiger partial charge in [-0.3, -0.25) is 9.59 Å². The van der Waals surface area contributed by atoms with Crippen molar-refractivity contribution in [1.82, 2.24) is 4.90 Å². The first-order valence-electron chi connectivity index (χ1n) is 10.7.